The van der Waals surface area contributed by atoms with Gasteiger partial charge < -0.3 is 15.1 Å². The monoisotopic (exact) mass is 186 g/mol. The zero-order chi connectivity index (χ0) is 8.85. The van der Waals surface area contributed by atoms with Gasteiger partial charge in [-0.05, 0) is 5.16 Å². The van der Waals surface area contributed by atoms with Crippen molar-refractivity contribution >= 4 is 13.3 Å². The molecule has 0 heterocycles. The van der Waals surface area contributed by atoms with Crippen molar-refractivity contribution in [2.75, 3.05) is 7.11 Å². The quantitative estimate of drug-likeness (QED) is 0.129. The molecule has 0 aliphatic rings. The maximum atomic E-state index is 11.0. The van der Waals surface area contributed by atoms with Crippen molar-refractivity contribution in [1.82, 2.24) is 0 Å². The Morgan fingerprint density at radius 3 is 2.58 bits per heavy atom. The van der Waals surface area contributed by atoms with Gasteiger partial charge in [0.25, 0.3) is 5.45 Å². The second-order valence-corrected chi connectivity index (χ2v) is 3.33. The summed E-state index contributed by atoms with van der Waals surface area (Å²) in [5, 5.41) is 21.6. The molecule has 2 atom stereocenters. The van der Waals surface area contributed by atoms with E-state index in [1.807, 2.05) is 0 Å². The molecule has 0 amide bonds. The largest absolute Gasteiger partial charge is 1.00 e. The minimum Gasteiger partial charge on any atom is -0.790 e. The number of oxime groups is 1. The van der Waals surface area contributed by atoms with Gasteiger partial charge in [-0.3, -0.25) is 0 Å². The number of hydrogen-bond acceptors (Lipinski definition) is 5. The molecule has 0 aliphatic carbocycles. The van der Waals surface area contributed by atoms with E-state index in [2.05, 4.69) is 9.89 Å². The summed E-state index contributed by atoms with van der Waals surface area (Å²) in [4.78, 5) is 0. The van der Waals surface area contributed by atoms with Gasteiger partial charge >= 0.3 is 26.7 Å². The third kappa shape index (κ3) is 4.20. The molecular weight excluding hydrogens is 176 g/mol. The molecule has 0 rings (SSSR count). The normalized spacial score (nSPS) is 14.9. The maximum absolute atomic E-state index is 11.0. The first kappa shape index (κ1) is 14.6. The predicted octanol–water partition coefficient (Wildman–Crippen LogP) is -2.69. The van der Waals surface area contributed by atoms with Crippen molar-refractivity contribution in [3.05, 3.63) is 0 Å². The summed E-state index contributed by atoms with van der Waals surface area (Å²) in [7, 11) is -1.07. The molecule has 2 unspecified atom stereocenters. The Kier molecular flexibility index (Phi) is 9.40. The number of rotatable bonds is 4. The molecule has 7 heteroatoms. The van der Waals surface area contributed by atoms with Crippen molar-refractivity contribution < 1.29 is 38.5 Å². The topological polar surface area (TPSA) is 82.0 Å². The van der Waals surface area contributed by atoms with Crippen molar-refractivity contribution in [1.29, 1.82) is 0 Å². The van der Waals surface area contributed by atoms with Gasteiger partial charge in [0.1, 0.15) is 0 Å². The molecule has 64 valence electrons. The Labute approximate surface area is 83.8 Å². The second kappa shape index (κ2) is 7.72. The van der Waals surface area contributed by atoms with Crippen LogP contribution in [-0.2, 0) is 9.30 Å². The smallest absolute Gasteiger partial charge is 0.790 e. The van der Waals surface area contributed by atoms with Crippen LogP contribution in [0, 0.1) is 0 Å². The fraction of sp³-hybridized carbons (Fsp3) is 0.800. The summed E-state index contributed by atoms with van der Waals surface area (Å²) in [6.07, 6.45) is 0.286. The Bertz CT molecular complexity index is 175. The molecule has 0 saturated carbocycles. The van der Waals surface area contributed by atoms with Gasteiger partial charge in [-0.1, -0.05) is 11.5 Å². The van der Waals surface area contributed by atoms with Crippen molar-refractivity contribution in [3.63, 3.8) is 0 Å². The van der Waals surface area contributed by atoms with Gasteiger partial charge in [-0.15, -0.1) is 0 Å². The zero-order valence-electron chi connectivity index (χ0n) is 7.35. The van der Waals surface area contributed by atoms with Crippen LogP contribution >= 0.6 is 7.80 Å². The van der Waals surface area contributed by atoms with E-state index in [1.54, 1.807) is 6.92 Å². The summed E-state index contributed by atoms with van der Waals surface area (Å²) in [6, 6.07) is -1.63. The first-order valence-corrected chi connectivity index (χ1v) is 4.36. The van der Waals surface area contributed by atoms with Crippen LogP contribution in [0.15, 0.2) is 5.16 Å². The molecule has 0 radical (unpaired) electrons. The Hall–Kier alpha value is 0.0874. The standard InChI is InChI=1S/C5H10NO4P.Li/c1-3-4(6-8)11(9)5(7)10-2;/h5,8H,3H2,1-2H3;/q;+1/b6-4-;. The second-order valence-electron chi connectivity index (χ2n) is 1.74. The van der Waals surface area contributed by atoms with Crippen LogP contribution in [0.1, 0.15) is 13.3 Å². The fourth-order valence-electron chi connectivity index (χ4n) is 0.488. The van der Waals surface area contributed by atoms with E-state index in [4.69, 9.17) is 5.21 Å². The maximum Gasteiger partial charge on any atom is 1.00 e. The minimum absolute atomic E-state index is 0. The van der Waals surface area contributed by atoms with Gasteiger partial charge in [-0.25, -0.2) is 0 Å². The van der Waals surface area contributed by atoms with E-state index in [0.717, 1.165) is 7.11 Å². The van der Waals surface area contributed by atoms with Gasteiger partial charge in [0.15, 0.2) is 6.03 Å². The Balaban J connectivity index is 0. The van der Waals surface area contributed by atoms with Crippen LogP contribution in [0.2, 0.25) is 0 Å². The number of methoxy groups -OCH3 is 1. The Morgan fingerprint density at radius 2 is 2.33 bits per heavy atom. The summed E-state index contributed by atoms with van der Waals surface area (Å²) < 4.78 is 15.2. The molecule has 0 aromatic rings. The Morgan fingerprint density at radius 1 is 1.83 bits per heavy atom. The zero-order valence-corrected chi connectivity index (χ0v) is 8.25. The first-order valence-electron chi connectivity index (χ1n) is 3.03. The third-order valence-corrected chi connectivity index (χ3v) is 2.59. The number of ether oxygens (including phenoxy) is 1. The number of hydrogen-bond donors (Lipinski definition) is 1. The van der Waals surface area contributed by atoms with Crippen LogP contribution in [0.25, 0.3) is 0 Å². The summed E-state index contributed by atoms with van der Waals surface area (Å²) in [6.45, 7) is 1.64. The van der Waals surface area contributed by atoms with E-state index < -0.39 is 13.8 Å². The van der Waals surface area contributed by atoms with Gasteiger partial charge in [-0.2, -0.15) is 0 Å². The molecule has 5 nitrogen and oxygen atoms in total. The van der Waals surface area contributed by atoms with Gasteiger partial charge in [0.2, 0.25) is 0 Å². The van der Waals surface area contributed by atoms with Crippen molar-refractivity contribution in [2.24, 2.45) is 5.16 Å². The summed E-state index contributed by atoms with van der Waals surface area (Å²) in [5.74, 6) is 0. The first-order chi connectivity index (χ1) is 5.17. The summed E-state index contributed by atoms with van der Waals surface area (Å²) in [5.41, 5.74) is -0.0122. The van der Waals surface area contributed by atoms with Gasteiger partial charge in [0, 0.05) is 13.5 Å². The average molecular weight is 186 g/mol. The van der Waals surface area contributed by atoms with E-state index >= 15 is 0 Å². The molecule has 0 fully saturated rings. The predicted molar refractivity (Wildman–Crippen MR) is 37.9 cm³/mol. The molecule has 0 aromatic carbocycles. The van der Waals surface area contributed by atoms with Crippen LogP contribution < -0.4 is 24.0 Å². The van der Waals surface area contributed by atoms with Crippen LogP contribution in [0.5, 0.6) is 0 Å². The molecule has 12 heavy (non-hydrogen) atoms. The number of nitrogens with zero attached hydrogens (tertiary/aromatic N) is 1. The van der Waals surface area contributed by atoms with Crippen molar-refractivity contribution in [2.45, 2.75) is 19.4 Å². The van der Waals surface area contributed by atoms with Crippen LogP contribution in [0.3, 0.4) is 0 Å². The SMILES string of the molecule is CC/C(=N/O)[P+](=O)C([O-])OC.[Li+]. The molecule has 0 spiro atoms. The molecule has 0 aliphatic heterocycles. The molecule has 0 bridgehead atoms. The average Bonchev–Trinajstić information content (AvgIpc) is 2.05. The fourth-order valence-corrected chi connectivity index (χ4v) is 1.32. The van der Waals surface area contributed by atoms with E-state index in [-0.39, 0.29) is 30.7 Å². The molecule has 0 saturated heterocycles. The van der Waals surface area contributed by atoms with E-state index in [0.29, 0.717) is 0 Å². The third-order valence-electron chi connectivity index (χ3n) is 1.08. The minimum atomic E-state index is -2.23. The molecular formula is C5H10LiNO4P+. The molecule has 0 aromatic heterocycles. The van der Waals surface area contributed by atoms with Crippen molar-refractivity contribution in [3.8, 4) is 0 Å². The van der Waals surface area contributed by atoms with Crippen LogP contribution in [0.4, 0.5) is 0 Å². The molecule has 1 N–H and O–H groups in total. The van der Waals surface area contributed by atoms with E-state index in [1.165, 1.54) is 0 Å². The summed E-state index contributed by atoms with van der Waals surface area (Å²) >= 11 is 0. The van der Waals surface area contributed by atoms with Gasteiger partial charge in [0.05, 0.1) is 0 Å². The van der Waals surface area contributed by atoms with Crippen LogP contribution in [-0.4, -0.2) is 23.8 Å². The van der Waals surface area contributed by atoms with E-state index in [9.17, 15) is 9.67 Å².